The molecule has 4 aliphatic heterocycles. The van der Waals surface area contributed by atoms with E-state index in [1.807, 2.05) is 55.5 Å². The second-order valence-electron chi connectivity index (χ2n) is 14.4. The van der Waals surface area contributed by atoms with Gasteiger partial charge in [-0.25, -0.2) is 0 Å². The highest BCUT2D eigenvalue weighted by molar-refractivity contribution is 9.11. The second kappa shape index (κ2) is 16.4. The van der Waals surface area contributed by atoms with Crippen molar-refractivity contribution < 1.29 is 38.5 Å². The summed E-state index contributed by atoms with van der Waals surface area (Å²) in [5.74, 6) is -4.40. The molecule has 0 aromatic heterocycles. The molecular weight excluding hydrogens is 790 g/mol. The van der Waals surface area contributed by atoms with Crippen LogP contribution in [0.1, 0.15) is 35.6 Å². The number of cyclic esters (lactones) is 1. The molecule has 8 atom stereocenters. The highest BCUT2D eigenvalue weighted by Gasteiger charge is 2.75. The van der Waals surface area contributed by atoms with Gasteiger partial charge in [-0.15, -0.1) is 0 Å². The quantitative estimate of drug-likeness (QED) is 0.233. The summed E-state index contributed by atoms with van der Waals surface area (Å²) in [6.07, 6.45) is 4.11. The first kappa shape index (κ1) is 38.9. The summed E-state index contributed by atoms with van der Waals surface area (Å²) in [6, 6.07) is 20.8. The molecule has 3 aromatic carbocycles. The first-order chi connectivity index (χ1) is 26.6. The number of para-hydroxylation sites is 1. The Balaban J connectivity index is 1.39. The molecule has 4 aliphatic rings. The van der Waals surface area contributed by atoms with Crippen molar-refractivity contribution in [1.82, 2.24) is 10.2 Å². The Bertz CT molecular complexity index is 1980. The zero-order valence-corrected chi connectivity index (χ0v) is 32.8. The van der Waals surface area contributed by atoms with Crippen molar-refractivity contribution in [2.45, 2.75) is 62.1 Å². The monoisotopic (exact) mass is 831 g/mol. The summed E-state index contributed by atoms with van der Waals surface area (Å²) in [4.78, 5) is 61.7. The normalized spacial score (nSPS) is 29.4. The van der Waals surface area contributed by atoms with Gasteiger partial charge < -0.3 is 34.4 Å². The number of aryl methyl sites for hydroxylation is 1. The number of aliphatic hydroxyl groups is 1. The fourth-order valence-corrected chi connectivity index (χ4v) is 9.60. The Labute approximate surface area is 333 Å². The molecule has 2 N–H and O–H groups in total. The van der Waals surface area contributed by atoms with E-state index in [2.05, 4.69) is 21.2 Å². The molecule has 288 valence electrons. The molecular formula is C42H43BrClN3O8. The van der Waals surface area contributed by atoms with Crippen molar-refractivity contribution in [2.24, 2.45) is 11.8 Å². The van der Waals surface area contributed by atoms with Crippen LogP contribution in [0.2, 0.25) is 5.02 Å². The van der Waals surface area contributed by atoms with Gasteiger partial charge in [-0.3, -0.25) is 19.2 Å². The summed E-state index contributed by atoms with van der Waals surface area (Å²) in [7, 11) is 1.50. The average molecular weight is 833 g/mol. The highest BCUT2D eigenvalue weighted by atomic mass is 79.9. The molecule has 55 heavy (non-hydrogen) atoms. The third-order valence-corrected chi connectivity index (χ3v) is 11.9. The molecule has 1 spiro atoms. The zero-order chi connectivity index (χ0) is 38.9. The minimum absolute atomic E-state index is 0.0308. The molecule has 2 saturated heterocycles. The van der Waals surface area contributed by atoms with E-state index in [1.165, 1.54) is 16.9 Å². The van der Waals surface area contributed by atoms with Crippen LogP contribution in [0.5, 0.6) is 0 Å². The van der Waals surface area contributed by atoms with Crippen molar-refractivity contribution in [3.8, 4) is 0 Å². The number of halogens is 2. The predicted molar refractivity (Wildman–Crippen MR) is 209 cm³/mol. The lowest BCUT2D eigenvalue weighted by Gasteiger charge is -2.39. The van der Waals surface area contributed by atoms with Crippen LogP contribution < -0.4 is 10.2 Å². The number of fused-ring (bicyclic) bond motifs is 2. The van der Waals surface area contributed by atoms with Gasteiger partial charge in [0.25, 0.3) is 5.91 Å². The van der Waals surface area contributed by atoms with Crippen molar-refractivity contribution in [3.05, 3.63) is 123 Å². The number of hydrogen-bond donors (Lipinski definition) is 2. The summed E-state index contributed by atoms with van der Waals surface area (Å²) in [5, 5.41) is 14.3. The van der Waals surface area contributed by atoms with Crippen molar-refractivity contribution >= 4 is 56.9 Å². The number of benzene rings is 3. The van der Waals surface area contributed by atoms with Crippen LogP contribution in [0.4, 0.5) is 5.69 Å². The molecule has 13 heteroatoms. The summed E-state index contributed by atoms with van der Waals surface area (Å²) in [6.45, 7) is 1.46. The molecule has 11 nitrogen and oxygen atoms in total. The number of methoxy groups -OCH3 is 1. The highest BCUT2D eigenvalue weighted by Crippen LogP contribution is 2.59. The summed E-state index contributed by atoms with van der Waals surface area (Å²) >= 11 is 10.5. The molecule has 7 rings (SSSR count). The van der Waals surface area contributed by atoms with E-state index in [9.17, 15) is 14.7 Å². The molecule has 0 radical (unpaired) electrons. The fraction of sp³-hybridized carbons (Fsp3) is 0.381. The SMILES string of the molecule is COC[C@H]1NC(=O)CC/C=C\CN(c2c(C)cccc2Cl)C(=O)[C@@H]2N([C@@H](CO)Cc3ccccc3)C(=O)[C@H]3[C@H](C(=O)O[C@@H]1c1ccccc1)[C@H]1O[C@@]23C=C1Br. The summed E-state index contributed by atoms with van der Waals surface area (Å²) in [5.41, 5.74) is 1.02. The number of ether oxygens (including phenoxy) is 3. The average Bonchev–Trinajstić information content (AvgIpc) is 3.78. The number of likely N-dealkylation sites (tertiary alicyclic amines) is 1. The van der Waals surface area contributed by atoms with E-state index >= 15 is 9.59 Å². The van der Waals surface area contributed by atoms with Gasteiger partial charge in [-0.2, -0.15) is 0 Å². The van der Waals surface area contributed by atoms with Gasteiger partial charge in [-0.1, -0.05) is 112 Å². The third-order valence-electron chi connectivity index (χ3n) is 10.9. The Morgan fingerprint density at radius 1 is 0.982 bits per heavy atom. The number of carbonyl (C=O) groups excluding carboxylic acids is 4. The molecule has 2 fully saturated rings. The molecule has 0 saturated carbocycles. The maximum Gasteiger partial charge on any atom is 0.313 e. The Morgan fingerprint density at radius 3 is 2.40 bits per heavy atom. The van der Waals surface area contributed by atoms with Crippen LogP contribution in [0, 0.1) is 18.8 Å². The maximum atomic E-state index is 15.5. The number of anilines is 1. The van der Waals surface area contributed by atoms with Crippen LogP contribution in [0.25, 0.3) is 0 Å². The van der Waals surface area contributed by atoms with Gasteiger partial charge in [0.15, 0.2) is 0 Å². The number of aliphatic hydroxyl groups excluding tert-OH is 1. The minimum Gasteiger partial charge on any atom is -0.455 e. The lowest BCUT2D eigenvalue weighted by Crippen LogP contribution is -2.59. The van der Waals surface area contributed by atoms with Crippen LogP contribution in [0.3, 0.4) is 0 Å². The van der Waals surface area contributed by atoms with Gasteiger partial charge in [-0.05, 0) is 48.6 Å². The number of nitrogens with one attached hydrogen (secondary N) is 1. The summed E-state index contributed by atoms with van der Waals surface area (Å²) < 4.78 is 19.1. The fourth-order valence-electron chi connectivity index (χ4n) is 8.54. The second-order valence-corrected chi connectivity index (χ2v) is 15.7. The first-order valence-electron chi connectivity index (χ1n) is 18.4. The number of esters is 1. The number of allylic oxidation sites excluding steroid dienone is 1. The van der Waals surface area contributed by atoms with Crippen LogP contribution in [0.15, 0.2) is 102 Å². The van der Waals surface area contributed by atoms with E-state index in [0.29, 0.717) is 27.2 Å². The minimum atomic E-state index is -1.61. The van der Waals surface area contributed by atoms with E-state index < -0.39 is 72.2 Å². The van der Waals surface area contributed by atoms with E-state index in [0.717, 1.165) is 11.1 Å². The largest absolute Gasteiger partial charge is 0.455 e. The zero-order valence-electron chi connectivity index (χ0n) is 30.5. The number of nitrogens with zero attached hydrogens (tertiary/aromatic N) is 2. The van der Waals surface area contributed by atoms with Gasteiger partial charge in [0.2, 0.25) is 11.8 Å². The van der Waals surface area contributed by atoms with Crippen LogP contribution in [-0.2, 0) is 39.8 Å². The number of rotatable bonds is 8. The molecule has 4 heterocycles. The van der Waals surface area contributed by atoms with Gasteiger partial charge in [0.05, 0.1) is 41.9 Å². The Morgan fingerprint density at radius 2 is 1.71 bits per heavy atom. The molecule has 3 aromatic rings. The molecule has 0 unspecified atom stereocenters. The maximum absolute atomic E-state index is 15.5. The van der Waals surface area contributed by atoms with Crippen molar-refractivity contribution in [3.63, 3.8) is 0 Å². The van der Waals surface area contributed by atoms with Crippen LogP contribution in [-0.4, -0.2) is 90.4 Å². The third kappa shape index (κ3) is 7.26. The van der Waals surface area contributed by atoms with Crippen molar-refractivity contribution in [2.75, 3.05) is 31.8 Å². The Hall–Kier alpha value is -4.33. The topological polar surface area (TPSA) is 135 Å². The lowest BCUT2D eigenvalue weighted by atomic mass is 9.74. The van der Waals surface area contributed by atoms with E-state index in [1.54, 1.807) is 48.6 Å². The van der Waals surface area contributed by atoms with E-state index in [4.69, 9.17) is 25.8 Å². The first-order valence-corrected chi connectivity index (χ1v) is 19.5. The lowest BCUT2D eigenvalue weighted by molar-refractivity contribution is -0.162. The number of amides is 3. The standard InChI is InChI=1S/C42H43BrClN3O8/c1-25-13-12-18-30(44)35(25)46-20-11-5-10-19-32(49)45-31(24-53-2)36(27-16-8-4-9-17-27)54-41(52)33-34-39(50)47(28(23-48)21-26-14-6-3-7-15-26)38(40(46)51)42(34)22-29(43)37(33)55-42/h3-9,11-18,22,28,31,33-34,36-38,48H,10,19-21,23-24H2,1-2H3,(H,45,49)/b11-5-/t28-,31-,33+,34-,36-,37+,38+,42-/m1/s1. The number of carbonyl (C=O) groups is 4. The smallest absolute Gasteiger partial charge is 0.313 e. The van der Waals surface area contributed by atoms with Gasteiger partial charge in [0, 0.05) is 24.6 Å². The Kier molecular flexibility index (Phi) is 11.6. The van der Waals surface area contributed by atoms with E-state index in [-0.39, 0.29) is 31.9 Å². The van der Waals surface area contributed by atoms with Crippen LogP contribution >= 0.6 is 27.5 Å². The molecule has 5 bridgehead atoms. The van der Waals surface area contributed by atoms with Crippen molar-refractivity contribution in [1.29, 1.82) is 0 Å². The van der Waals surface area contributed by atoms with Gasteiger partial charge >= 0.3 is 5.97 Å². The van der Waals surface area contributed by atoms with Gasteiger partial charge in [0.1, 0.15) is 29.8 Å². The number of hydrogen-bond acceptors (Lipinski definition) is 8. The predicted octanol–water partition coefficient (Wildman–Crippen LogP) is 5.22. The molecule has 3 amide bonds. The molecule has 0 aliphatic carbocycles.